The highest BCUT2D eigenvalue weighted by Crippen LogP contribution is 2.06. The van der Waals surface area contributed by atoms with Gasteiger partial charge in [-0.15, -0.1) is 0 Å². The summed E-state index contributed by atoms with van der Waals surface area (Å²) >= 11 is 0. The van der Waals surface area contributed by atoms with Crippen LogP contribution in [0, 0.1) is 5.92 Å². The topological polar surface area (TPSA) is 151 Å². The molecule has 3 atom stereocenters. The van der Waals surface area contributed by atoms with Crippen LogP contribution in [-0.2, 0) is 19.2 Å². The lowest BCUT2D eigenvalue weighted by Gasteiger charge is -2.23. The van der Waals surface area contributed by atoms with Gasteiger partial charge in [-0.1, -0.05) is 13.8 Å². The number of rotatable bonds is 9. The van der Waals surface area contributed by atoms with E-state index in [1.54, 1.807) is 0 Å². The van der Waals surface area contributed by atoms with Gasteiger partial charge < -0.3 is 26.8 Å². The maximum atomic E-state index is 12.1. The van der Waals surface area contributed by atoms with E-state index in [1.807, 2.05) is 13.8 Å². The molecule has 0 aromatic rings. The molecule has 9 nitrogen and oxygen atoms in total. The third kappa shape index (κ3) is 8.15. The van der Waals surface area contributed by atoms with Gasteiger partial charge in [-0.2, -0.15) is 0 Å². The Morgan fingerprint density at radius 2 is 1.48 bits per heavy atom. The lowest BCUT2D eigenvalue weighted by atomic mass is 10.0. The van der Waals surface area contributed by atoms with E-state index >= 15 is 0 Å². The number of carboxylic acid groups (broad SMARTS) is 1. The molecule has 0 bridgehead atoms. The molecule has 9 heteroatoms. The summed E-state index contributed by atoms with van der Waals surface area (Å²) < 4.78 is 0. The normalized spacial score (nSPS) is 14.5. The minimum absolute atomic E-state index is 0.0973. The Labute approximate surface area is 135 Å². The van der Waals surface area contributed by atoms with Gasteiger partial charge in [0.05, 0.1) is 6.54 Å². The van der Waals surface area contributed by atoms with Crippen molar-refractivity contribution in [1.29, 1.82) is 0 Å². The SMILES string of the molecule is CC(C)C[C@H](NC(=O)[C@H](C)NC(=O)CN)C(=O)N[C@@H](C)C(=O)O. The summed E-state index contributed by atoms with van der Waals surface area (Å²) in [5.41, 5.74) is 5.16. The average molecular weight is 330 g/mol. The number of carbonyl (C=O) groups excluding carboxylic acids is 3. The summed E-state index contributed by atoms with van der Waals surface area (Å²) in [6.07, 6.45) is 0.335. The van der Waals surface area contributed by atoms with Gasteiger partial charge in [0, 0.05) is 0 Å². The first-order valence-electron chi connectivity index (χ1n) is 7.41. The molecule has 0 heterocycles. The van der Waals surface area contributed by atoms with E-state index in [4.69, 9.17) is 10.8 Å². The van der Waals surface area contributed by atoms with E-state index < -0.39 is 41.8 Å². The number of carbonyl (C=O) groups is 4. The highest BCUT2D eigenvalue weighted by molar-refractivity contribution is 5.93. The van der Waals surface area contributed by atoms with Gasteiger partial charge in [0.15, 0.2) is 0 Å². The van der Waals surface area contributed by atoms with Crippen LogP contribution >= 0.6 is 0 Å². The molecule has 23 heavy (non-hydrogen) atoms. The summed E-state index contributed by atoms with van der Waals surface area (Å²) in [6, 6.07) is -2.81. The maximum Gasteiger partial charge on any atom is 0.325 e. The average Bonchev–Trinajstić information content (AvgIpc) is 2.45. The van der Waals surface area contributed by atoms with E-state index in [9.17, 15) is 19.2 Å². The van der Waals surface area contributed by atoms with E-state index in [-0.39, 0.29) is 12.5 Å². The van der Waals surface area contributed by atoms with Crippen LogP contribution in [0.4, 0.5) is 0 Å². The highest BCUT2D eigenvalue weighted by atomic mass is 16.4. The van der Waals surface area contributed by atoms with Crippen LogP contribution in [0.5, 0.6) is 0 Å². The van der Waals surface area contributed by atoms with Crippen molar-refractivity contribution in [3.8, 4) is 0 Å². The summed E-state index contributed by atoms with van der Waals surface area (Å²) in [7, 11) is 0. The van der Waals surface area contributed by atoms with Gasteiger partial charge in [-0.05, 0) is 26.2 Å². The second kappa shape index (κ2) is 9.78. The predicted octanol–water partition coefficient (Wildman–Crippen LogP) is -1.43. The molecule has 0 unspecified atom stereocenters. The second-order valence-electron chi connectivity index (χ2n) is 5.75. The molecular weight excluding hydrogens is 304 g/mol. The zero-order valence-electron chi connectivity index (χ0n) is 13.9. The molecule has 0 spiro atoms. The molecule has 0 saturated carbocycles. The van der Waals surface area contributed by atoms with E-state index in [0.29, 0.717) is 6.42 Å². The van der Waals surface area contributed by atoms with Crippen molar-refractivity contribution in [2.75, 3.05) is 6.54 Å². The van der Waals surface area contributed by atoms with Crippen molar-refractivity contribution < 1.29 is 24.3 Å². The minimum Gasteiger partial charge on any atom is -0.480 e. The Kier molecular flexibility index (Phi) is 8.86. The van der Waals surface area contributed by atoms with Crippen LogP contribution < -0.4 is 21.7 Å². The molecule has 0 aromatic heterocycles. The van der Waals surface area contributed by atoms with Crippen LogP contribution in [0.1, 0.15) is 34.1 Å². The predicted molar refractivity (Wildman–Crippen MR) is 83.3 cm³/mol. The van der Waals surface area contributed by atoms with Crippen molar-refractivity contribution in [2.45, 2.75) is 52.2 Å². The Morgan fingerprint density at radius 1 is 0.913 bits per heavy atom. The van der Waals surface area contributed by atoms with E-state index in [1.165, 1.54) is 13.8 Å². The van der Waals surface area contributed by atoms with E-state index in [2.05, 4.69) is 16.0 Å². The van der Waals surface area contributed by atoms with Crippen molar-refractivity contribution in [3.05, 3.63) is 0 Å². The lowest BCUT2D eigenvalue weighted by Crippen LogP contribution is -2.55. The maximum absolute atomic E-state index is 12.1. The third-order valence-corrected chi connectivity index (χ3v) is 3.03. The van der Waals surface area contributed by atoms with Gasteiger partial charge in [0.25, 0.3) is 0 Å². The lowest BCUT2D eigenvalue weighted by molar-refractivity contribution is -0.141. The third-order valence-electron chi connectivity index (χ3n) is 3.03. The number of carboxylic acids is 1. The van der Waals surface area contributed by atoms with Gasteiger partial charge in [-0.3, -0.25) is 19.2 Å². The van der Waals surface area contributed by atoms with Gasteiger partial charge in [0.1, 0.15) is 18.1 Å². The van der Waals surface area contributed by atoms with Gasteiger partial charge in [-0.25, -0.2) is 0 Å². The number of aliphatic carboxylic acids is 1. The largest absolute Gasteiger partial charge is 0.480 e. The fourth-order valence-electron chi connectivity index (χ4n) is 1.74. The number of nitrogens with one attached hydrogen (secondary N) is 3. The van der Waals surface area contributed by atoms with Crippen molar-refractivity contribution in [3.63, 3.8) is 0 Å². The molecular formula is C14H26N4O5. The van der Waals surface area contributed by atoms with Gasteiger partial charge in [0.2, 0.25) is 17.7 Å². The number of hydrogen-bond acceptors (Lipinski definition) is 5. The summed E-state index contributed by atoms with van der Waals surface area (Å²) in [5.74, 6) is -2.69. The van der Waals surface area contributed by atoms with Crippen LogP contribution in [0.15, 0.2) is 0 Å². The van der Waals surface area contributed by atoms with Crippen LogP contribution in [0.2, 0.25) is 0 Å². The summed E-state index contributed by atoms with van der Waals surface area (Å²) in [5, 5.41) is 16.1. The van der Waals surface area contributed by atoms with Crippen molar-refractivity contribution in [2.24, 2.45) is 11.7 Å². The quantitative estimate of drug-likeness (QED) is 0.350. The van der Waals surface area contributed by atoms with Crippen molar-refractivity contribution >= 4 is 23.7 Å². The molecule has 132 valence electrons. The molecule has 3 amide bonds. The van der Waals surface area contributed by atoms with Gasteiger partial charge >= 0.3 is 5.97 Å². The highest BCUT2D eigenvalue weighted by Gasteiger charge is 2.26. The molecule has 0 rings (SSSR count). The Morgan fingerprint density at radius 3 is 1.91 bits per heavy atom. The molecule has 0 aliphatic heterocycles. The molecule has 0 saturated heterocycles. The number of amides is 3. The first-order valence-corrected chi connectivity index (χ1v) is 7.41. The fourth-order valence-corrected chi connectivity index (χ4v) is 1.74. The zero-order valence-corrected chi connectivity index (χ0v) is 13.9. The number of hydrogen-bond donors (Lipinski definition) is 5. The standard InChI is InChI=1S/C14H26N4O5/c1-7(2)5-10(13(21)17-9(4)14(22)23)18-12(20)8(3)16-11(19)6-15/h7-10H,5-6,15H2,1-4H3,(H,16,19)(H,17,21)(H,18,20)(H,22,23)/t8-,9-,10-/m0/s1. The smallest absolute Gasteiger partial charge is 0.325 e. The Balaban J connectivity index is 4.84. The monoisotopic (exact) mass is 330 g/mol. The Hall–Kier alpha value is -2.16. The second-order valence-corrected chi connectivity index (χ2v) is 5.75. The van der Waals surface area contributed by atoms with Crippen LogP contribution in [0.25, 0.3) is 0 Å². The molecule has 0 aromatic carbocycles. The minimum atomic E-state index is -1.17. The zero-order chi connectivity index (χ0) is 18.2. The molecule has 6 N–H and O–H groups in total. The van der Waals surface area contributed by atoms with E-state index in [0.717, 1.165) is 0 Å². The summed E-state index contributed by atoms with van der Waals surface area (Å²) in [6.45, 7) is 6.29. The molecule has 0 aliphatic rings. The fraction of sp³-hybridized carbons (Fsp3) is 0.714. The molecule has 0 aliphatic carbocycles. The Bertz CT molecular complexity index is 452. The first-order chi connectivity index (χ1) is 10.6. The van der Waals surface area contributed by atoms with Crippen LogP contribution in [0.3, 0.4) is 0 Å². The molecule has 0 fully saturated rings. The number of nitrogens with two attached hydrogens (primary N) is 1. The van der Waals surface area contributed by atoms with Crippen LogP contribution in [-0.4, -0.2) is 53.5 Å². The summed E-state index contributed by atoms with van der Waals surface area (Å²) in [4.78, 5) is 46.2. The van der Waals surface area contributed by atoms with Crippen molar-refractivity contribution in [1.82, 2.24) is 16.0 Å². The molecule has 0 radical (unpaired) electrons. The first kappa shape index (κ1) is 20.8.